The topological polar surface area (TPSA) is 38.1 Å². The van der Waals surface area contributed by atoms with E-state index in [1.807, 2.05) is 48.5 Å². The van der Waals surface area contributed by atoms with Crippen LogP contribution in [0, 0.1) is 13.8 Å². The highest BCUT2D eigenvalue weighted by atomic mass is 16.5. The lowest BCUT2D eigenvalue weighted by Crippen LogP contribution is -2.15. The average Bonchev–Trinajstić information content (AvgIpc) is 3.59. The number of hydrogen-bond acceptors (Lipinski definition) is 5. The summed E-state index contributed by atoms with van der Waals surface area (Å²) in [6, 6.07) is 59.2. The van der Waals surface area contributed by atoms with E-state index in [-0.39, 0.29) is 0 Å². The second-order valence-corrected chi connectivity index (χ2v) is 14.3. The van der Waals surface area contributed by atoms with Crippen molar-refractivity contribution in [2.45, 2.75) is 13.8 Å². The molecule has 0 amide bonds. The fourth-order valence-corrected chi connectivity index (χ4v) is 8.29. The zero-order valence-electron chi connectivity index (χ0n) is 30.3. The average molecular weight is 711 g/mol. The summed E-state index contributed by atoms with van der Waals surface area (Å²) < 4.78 is 19.7. The molecule has 9 aromatic rings. The maximum Gasteiger partial charge on any atom is 0.151 e. The minimum Gasteiger partial charge on any atom is -0.455 e. The molecule has 0 aliphatic carbocycles. The summed E-state index contributed by atoms with van der Waals surface area (Å²) in [6.45, 7) is 4.33. The number of benzene rings is 8. The van der Waals surface area contributed by atoms with Gasteiger partial charge in [-0.25, -0.2) is 0 Å². The van der Waals surface area contributed by atoms with Gasteiger partial charge in [0, 0.05) is 33.3 Å². The largest absolute Gasteiger partial charge is 0.455 e. The van der Waals surface area contributed by atoms with Gasteiger partial charge in [-0.15, -0.1) is 0 Å². The minimum atomic E-state index is 0.829. The number of para-hydroxylation sites is 8. The molecule has 5 heteroatoms. The van der Waals surface area contributed by atoms with Gasteiger partial charge in [-0.05, 0) is 133 Å². The Morgan fingerprint density at radius 2 is 0.727 bits per heavy atom. The predicted molar refractivity (Wildman–Crippen MR) is 224 cm³/mol. The third-order valence-corrected chi connectivity index (χ3v) is 10.7. The van der Waals surface area contributed by atoms with Crippen LogP contribution in [0.1, 0.15) is 11.1 Å². The lowest BCUT2D eigenvalue weighted by Gasteiger charge is -2.33. The first-order chi connectivity index (χ1) is 27.1. The Labute approximate surface area is 318 Å². The van der Waals surface area contributed by atoms with Crippen LogP contribution in [0.5, 0.6) is 23.0 Å². The van der Waals surface area contributed by atoms with Gasteiger partial charge in [0.2, 0.25) is 0 Å². The van der Waals surface area contributed by atoms with Gasteiger partial charge in [-0.2, -0.15) is 0 Å². The van der Waals surface area contributed by atoms with Crippen LogP contribution in [-0.4, -0.2) is 0 Å². The van der Waals surface area contributed by atoms with E-state index in [1.54, 1.807) is 0 Å². The van der Waals surface area contributed by atoms with Crippen molar-refractivity contribution < 1.29 is 13.9 Å². The van der Waals surface area contributed by atoms with Crippen LogP contribution < -0.4 is 19.3 Å². The molecule has 3 heterocycles. The molecule has 0 spiro atoms. The van der Waals surface area contributed by atoms with Crippen LogP contribution in [-0.2, 0) is 0 Å². The number of anilines is 6. The van der Waals surface area contributed by atoms with Crippen molar-refractivity contribution in [3.05, 3.63) is 181 Å². The lowest BCUT2D eigenvalue weighted by molar-refractivity contribution is 0.477. The summed E-state index contributed by atoms with van der Waals surface area (Å²) in [4.78, 5) is 4.56. The van der Waals surface area contributed by atoms with E-state index in [0.29, 0.717) is 0 Å². The van der Waals surface area contributed by atoms with Crippen LogP contribution >= 0.6 is 0 Å². The smallest absolute Gasteiger partial charge is 0.151 e. The van der Waals surface area contributed by atoms with Gasteiger partial charge in [0.05, 0.1) is 22.7 Å². The van der Waals surface area contributed by atoms with Crippen LogP contribution in [0.3, 0.4) is 0 Å². The SMILES string of the molecule is Cc1cc(-c2cccc(N3c4ccccc4Oc4ccccc43)c2)c2oc3c(-c4cccc(N5c6ccccc6Oc6ccccc65)c4)cc(C)cc3c2c1. The van der Waals surface area contributed by atoms with Crippen LogP contribution in [0.4, 0.5) is 34.1 Å². The Bertz CT molecular complexity index is 2710. The summed E-state index contributed by atoms with van der Waals surface area (Å²) >= 11 is 0. The standard InChI is InChI=1S/C50H34N2O3/c1-31-25-37(33-13-11-15-35(29-33)51-41-17-3-7-21-45(41)53-46-22-8-4-18-42(46)51)49-39(27-31)40-28-32(2)26-38(50(40)55-49)34-14-12-16-36(30-34)52-43-19-5-9-23-47(43)54-48-24-10-6-20-44(48)52/h3-30H,1-2H3. The van der Waals surface area contributed by atoms with Crippen molar-refractivity contribution in [2.24, 2.45) is 0 Å². The fraction of sp³-hybridized carbons (Fsp3) is 0.0400. The number of fused-ring (bicyclic) bond motifs is 7. The Kier molecular flexibility index (Phi) is 6.92. The summed E-state index contributed by atoms with van der Waals surface area (Å²) in [7, 11) is 0. The lowest BCUT2D eigenvalue weighted by atomic mass is 9.96. The third kappa shape index (κ3) is 5.01. The van der Waals surface area contributed by atoms with Gasteiger partial charge in [-0.3, -0.25) is 0 Å². The number of rotatable bonds is 4. The van der Waals surface area contributed by atoms with Gasteiger partial charge in [0.25, 0.3) is 0 Å². The van der Waals surface area contributed by atoms with E-state index in [0.717, 1.165) is 101 Å². The Morgan fingerprint density at radius 3 is 1.11 bits per heavy atom. The van der Waals surface area contributed by atoms with Crippen molar-refractivity contribution in [1.82, 2.24) is 0 Å². The van der Waals surface area contributed by atoms with Crippen LogP contribution in [0.15, 0.2) is 174 Å². The van der Waals surface area contributed by atoms with Gasteiger partial charge in [-0.1, -0.05) is 72.8 Å². The molecule has 0 N–H and O–H groups in total. The molecule has 2 aliphatic heterocycles. The van der Waals surface area contributed by atoms with Crippen LogP contribution in [0.2, 0.25) is 0 Å². The second-order valence-electron chi connectivity index (χ2n) is 14.3. The molecule has 0 atom stereocenters. The first-order valence-corrected chi connectivity index (χ1v) is 18.6. The summed E-state index contributed by atoms with van der Waals surface area (Å²) in [5, 5.41) is 2.21. The van der Waals surface area contributed by atoms with Gasteiger partial charge < -0.3 is 23.7 Å². The molecule has 55 heavy (non-hydrogen) atoms. The molecule has 0 saturated heterocycles. The molecule has 11 rings (SSSR count). The second kappa shape index (κ2) is 12.2. The van der Waals surface area contributed by atoms with Crippen LogP contribution in [0.25, 0.3) is 44.2 Å². The third-order valence-electron chi connectivity index (χ3n) is 10.7. The van der Waals surface area contributed by atoms with E-state index in [1.165, 1.54) is 11.1 Å². The number of hydrogen-bond donors (Lipinski definition) is 0. The maximum absolute atomic E-state index is 7.06. The van der Waals surface area contributed by atoms with Gasteiger partial charge >= 0.3 is 0 Å². The minimum absolute atomic E-state index is 0.829. The highest BCUT2D eigenvalue weighted by Crippen LogP contribution is 2.52. The number of aryl methyl sites for hydroxylation is 2. The monoisotopic (exact) mass is 710 g/mol. The molecule has 1 aromatic heterocycles. The normalized spacial score (nSPS) is 12.8. The number of furan rings is 1. The molecule has 2 aliphatic rings. The number of nitrogens with zero attached hydrogens (tertiary/aromatic N) is 2. The zero-order valence-corrected chi connectivity index (χ0v) is 30.3. The van der Waals surface area contributed by atoms with E-state index in [9.17, 15) is 0 Å². The Morgan fingerprint density at radius 1 is 0.364 bits per heavy atom. The Hall–Kier alpha value is -7.24. The molecular formula is C50H34N2O3. The first-order valence-electron chi connectivity index (χ1n) is 18.6. The first kappa shape index (κ1) is 31.3. The van der Waals surface area contributed by atoms with Gasteiger partial charge in [0.1, 0.15) is 11.2 Å². The Balaban J connectivity index is 1.06. The molecule has 262 valence electrons. The molecule has 0 unspecified atom stereocenters. The van der Waals surface area contributed by atoms with Crippen molar-refractivity contribution >= 4 is 56.1 Å². The summed E-state index contributed by atoms with van der Waals surface area (Å²) in [6.07, 6.45) is 0. The quantitative estimate of drug-likeness (QED) is 0.182. The number of ether oxygens (including phenoxy) is 2. The molecule has 8 aromatic carbocycles. The van der Waals surface area contributed by atoms with E-state index in [2.05, 4.69) is 145 Å². The maximum atomic E-state index is 7.06. The predicted octanol–water partition coefficient (Wildman–Crippen LogP) is 14.7. The van der Waals surface area contributed by atoms with Crippen molar-refractivity contribution in [1.29, 1.82) is 0 Å². The molecule has 5 nitrogen and oxygen atoms in total. The fourth-order valence-electron chi connectivity index (χ4n) is 8.29. The van der Waals surface area contributed by atoms with Crippen molar-refractivity contribution in [3.8, 4) is 45.3 Å². The van der Waals surface area contributed by atoms with E-state index in [4.69, 9.17) is 13.9 Å². The summed E-state index contributed by atoms with van der Waals surface area (Å²) in [5.74, 6) is 3.32. The molecular weight excluding hydrogens is 677 g/mol. The van der Waals surface area contributed by atoms with E-state index >= 15 is 0 Å². The highest BCUT2D eigenvalue weighted by Gasteiger charge is 2.28. The van der Waals surface area contributed by atoms with E-state index < -0.39 is 0 Å². The molecule has 0 radical (unpaired) electrons. The van der Waals surface area contributed by atoms with Crippen molar-refractivity contribution in [2.75, 3.05) is 9.80 Å². The molecule has 0 saturated carbocycles. The molecule has 0 bridgehead atoms. The zero-order chi connectivity index (χ0) is 36.6. The van der Waals surface area contributed by atoms with Gasteiger partial charge in [0.15, 0.2) is 23.0 Å². The van der Waals surface area contributed by atoms with Crippen molar-refractivity contribution in [3.63, 3.8) is 0 Å². The highest BCUT2D eigenvalue weighted by molar-refractivity contribution is 6.14. The molecule has 0 fully saturated rings. The summed E-state index contributed by atoms with van der Waals surface area (Å²) in [5.41, 5.74) is 14.5.